The Morgan fingerprint density at radius 3 is 0.872 bits per heavy atom. The predicted molar refractivity (Wildman–Crippen MR) is 381 cm³/mol. The van der Waals surface area contributed by atoms with Gasteiger partial charge in [0.25, 0.3) is 0 Å². The molecule has 0 aliphatic carbocycles. The maximum atomic E-state index is 13.1. The van der Waals surface area contributed by atoms with Crippen molar-refractivity contribution in [1.29, 1.82) is 0 Å². The summed E-state index contributed by atoms with van der Waals surface area (Å²) in [5.74, 6) is -2.16. The third-order valence-corrected chi connectivity index (χ3v) is 18.2. The van der Waals surface area contributed by atoms with Crippen LogP contribution in [0.2, 0.25) is 0 Å². The summed E-state index contributed by atoms with van der Waals surface area (Å²) >= 11 is 0. The van der Waals surface area contributed by atoms with Crippen LogP contribution in [0, 0.1) is 0 Å². The highest BCUT2D eigenvalue weighted by atomic mass is 31.2. The number of aliphatic hydroxyl groups is 1. The number of carbonyl (C=O) groups excluding carboxylic acids is 4. The van der Waals surface area contributed by atoms with Crippen LogP contribution in [0.4, 0.5) is 0 Å². The van der Waals surface area contributed by atoms with E-state index in [4.69, 9.17) is 37.0 Å². The first-order chi connectivity index (χ1) is 45.7. The van der Waals surface area contributed by atoms with Crippen molar-refractivity contribution in [2.24, 2.45) is 0 Å². The molecule has 0 heterocycles. The number of carbonyl (C=O) groups is 4. The fourth-order valence-corrected chi connectivity index (χ4v) is 12.1. The first-order valence-electron chi connectivity index (χ1n) is 37.9. The van der Waals surface area contributed by atoms with Gasteiger partial charge in [0.05, 0.1) is 26.4 Å². The minimum Gasteiger partial charge on any atom is -0.462 e. The minimum atomic E-state index is -4.97. The Morgan fingerprint density at radius 2 is 0.553 bits per heavy atom. The van der Waals surface area contributed by atoms with Gasteiger partial charge in [-0.1, -0.05) is 288 Å². The van der Waals surface area contributed by atoms with E-state index in [9.17, 15) is 43.2 Å². The summed E-state index contributed by atoms with van der Waals surface area (Å²) in [7, 11) is -9.92. The van der Waals surface area contributed by atoms with Gasteiger partial charge >= 0.3 is 39.5 Å². The van der Waals surface area contributed by atoms with Gasteiger partial charge in [-0.25, -0.2) is 9.13 Å². The van der Waals surface area contributed by atoms with Crippen LogP contribution >= 0.6 is 15.6 Å². The number of allylic oxidation sites excluding steroid dienone is 8. The second-order valence-corrected chi connectivity index (χ2v) is 28.5. The van der Waals surface area contributed by atoms with Gasteiger partial charge < -0.3 is 33.8 Å². The maximum absolute atomic E-state index is 13.1. The zero-order valence-corrected chi connectivity index (χ0v) is 61.7. The van der Waals surface area contributed by atoms with Crippen molar-refractivity contribution in [2.45, 2.75) is 367 Å². The number of hydrogen-bond acceptors (Lipinski definition) is 15. The van der Waals surface area contributed by atoms with E-state index in [1.54, 1.807) is 0 Å². The molecule has 5 unspecified atom stereocenters. The average Bonchev–Trinajstić information content (AvgIpc) is 2.15. The van der Waals surface area contributed by atoms with E-state index >= 15 is 0 Å². The van der Waals surface area contributed by atoms with E-state index < -0.39 is 97.5 Å². The lowest BCUT2D eigenvalue weighted by Gasteiger charge is -2.21. The monoisotopic (exact) mass is 1370 g/mol. The second-order valence-electron chi connectivity index (χ2n) is 25.6. The number of aliphatic hydroxyl groups excluding tert-OH is 1. The molecule has 0 aromatic carbocycles. The van der Waals surface area contributed by atoms with E-state index in [0.717, 1.165) is 148 Å². The van der Waals surface area contributed by atoms with Gasteiger partial charge in [0.2, 0.25) is 0 Å². The third-order valence-electron chi connectivity index (χ3n) is 16.3. The Balaban J connectivity index is 5.28. The van der Waals surface area contributed by atoms with Gasteiger partial charge in [-0.2, -0.15) is 0 Å². The molecule has 19 heteroatoms. The molecule has 0 aliphatic rings. The fraction of sp³-hybridized carbons (Fsp3) is 0.840. The Labute approximate surface area is 572 Å². The lowest BCUT2D eigenvalue weighted by atomic mass is 10.0. The normalized spacial score (nSPS) is 14.2. The number of phosphoric ester groups is 2. The maximum Gasteiger partial charge on any atom is 0.472 e. The topological polar surface area (TPSA) is 237 Å². The second kappa shape index (κ2) is 68.5. The van der Waals surface area contributed by atoms with Crippen molar-refractivity contribution in [1.82, 2.24) is 0 Å². The van der Waals surface area contributed by atoms with Gasteiger partial charge in [-0.15, -0.1) is 0 Å². The van der Waals surface area contributed by atoms with Crippen LogP contribution in [0.5, 0.6) is 0 Å². The Hall–Kier alpha value is -2.98. The van der Waals surface area contributed by atoms with Crippen molar-refractivity contribution in [3.05, 3.63) is 48.6 Å². The van der Waals surface area contributed by atoms with Crippen molar-refractivity contribution in [3.63, 3.8) is 0 Å². The van der Waals surface area contributed by atoms with Crippen LogP contribution in [-0.4, -0.2) is 96.7 Å². The van der Waals surface area contributed by atoms with Crippen molar-refractivity contribution >= 4 is 39.5 Å². The Morgan fingerprint density at radius 1 is 0.309 bits per heavy atom. The van der Waals surface area contributed by atoms with Crippen LogP contribution in [0.3, 0.4) is 0 Å². The quantitative estimate of drug-likeness (QED) is 0.0169. The first-order valence-corrected chi connectivity index (χ1v) is 40.9. The van der Waals surface area contributed by atoms with Gasteiger partial charge in [-0.3, -0.25) is 37.3 Å². The van der Waals surface area contributed by atoms with E-state index in [1.165, 1.54) is 122 Å². The Bertz CT molecular complexity index is 1980. The summed E-state index contributed by atoms with van der Waals surface area (Å²) in [5, 5.41) is 10.6. The number of phosphoric acid groups is 2. The molecule has 0 aromatic heterocycles. The molecule has 94 heavy (non-hydrogen) atoms. The SMILES string of the molecule is CC/C=C\C/C=C\C/C=C\CCCCCCCCCC(=O)OCC(COP(=O)(O)OCC(O)COP(=O)(O)OCC(COC(=O)CCCCCCCCCCCCCCC)OC(=O)CCCCCCCCCCCCC)OC(=O)CCCCCCC/C=C\CCCCCC. The molecule has 0 aromatic rings. The molecule has 0 rings (SSSR count). The molecule has 3 N–H and O–H groups in total. The van der Waals surface area contributed by atoms with Crippen molar-refractivity contribution < 1.29 is 80.2 Å². The standard InChI is InChI=1S/C75H138O17P2/c1-5-9-13-17-21-25-29-32-33-34-35-38-41-44-48-52-56-60-73(78)86-66-71(92-75(80)62-58-54-50-46-42-37-31-27-23-19-15-11-7-3)68-90-94(83,84)88-64-69(76)63-87-93(81,82)89-67-70(91-74(79)61-57-53-49-45-39-28-24-20-16-12-8-4)65-85-72(77)59-55-51-47-43-40-36-30-26-22-18-14-10-6-2/h9,13,21,25,27,31-33,69-71,76H,5-8,10-12,14-20,22-24,26,28-30,34-68H2,1-4H3,(H,81,82)(H,83,84)/b13-9-,25-21-,31-27-,33-32-. The largest absolute Gasteiger partial charge is 0.472 e. The van der Waals surface area contributed by atoms with Crippen LogP contribution in [-0.2, 0) is 65.4 Å². The molecule has 550 valence electrons. The highest BCUT2D eigenvalue weighted by molar-refractivity contribution is 7.47. The summed E-state index contributed by atoms with van der Waals surface area (Å²) in [6.45, 7) is 4.78. The van der Waals surface area contributed by atoms with Gasteiger partial charge in [0.15, 0.2) is 12.2 Å². The highest BCUT2D eigenvalue weighted by Gasteiger charge is 2.30. The fourth-order valence-electron chi connectivity index (χ4n) is 10.5. The molecule has 5 atom stereocenters. The molecule has 0 fully saturated rings. The minimum absolute atomic E-state index is 0.0873. The van der Waals surface area contributed by atoms with Crippen LogP contribution in [0.25, 0.3) is 0 Å². The molecular weight excluding hydrogens is 1230 g/mol. The molecule has 0 amide bonds. The molecular formula is C75H138O17P2. The molecule has 0 saturated carbocycles. The average molecular weight is 1370 g/mol. The van der Waals surface area contributed by atoms with Gasteiger partial charge in [0.1, 0.15) is 19.3 Å². The summed E-state index contributed by atoms with van der Waals surface area (Å²) in [6.07, 6.45) is 63.9. The van der Waals surface area contributed by atoms with Gasteiger partial charge in [0, 0.05) is 25.7 Å². The Kier molecular flexibility index (Phi) is 66.4. The van der Waals surface area contributed by atoms with Gasteiger partial charge in [-0.05, 0) is 83.5 Å². The molecule has 0 bridgehead atoms. The number of unbranched alkanes of at least 4 members (excludes halogenated alkanes) is 38. The van der Waals surface area contributed by atoms with E-state index in [-0.39, 0.29) is 25.7 Å². The summed E-state index contributed by atoms with van der Waals surface area (Å²) in [5.41, 5.74) is 0. The molecule has 0 radical (unpaired) electrons. The van der Waals surface area contributed by atoms with Crippen LogP contribution in [0.15, 0.2) is 48.6 Å². The predicted octanol–water partition coefficient (Wildman–Crippen LogP) is 21.3. The summed E-state index contributed by atoms with van der Waals surface area (Å²) in [4.78, 5) is 72.7. The molecule has 0 spiro atoms. The smallest absolute Gasteiger partial charge is 0.462 e. The van der Waals surface area contributed by atoms with Crippen LogP contribution < -0.4 is 0 Å². The number of rotatable bonds is 72. The van der Waals surface area contributed by atoms with Crippen molar-refractivity contribution in [3.8, 4) is 0 Å². The summed E-state index contributed by atoms with van der Waals surface area (Å²) in [6, 6.07) is 0. The lowest BCUT2D eigenvalue weighted by Crippen LogP contribution is -2.30. The zero-order chi connectivity index (χ0) is 69.0. The number of esters is 4. The first kappa shape index (κ1) is 91.0. The number of ether oxygens (including phenoxy) is 4. The molecule has 17 nitrogen and oxygen atoms in total. The van der Waals surface area contributed by atoms with E-state index in [1.807, 2.05) is 0 Å². The third kappa shape index (κ3) is 67.6. The van der Waals surface area contributed by atoms with E-state index in [0.29, 0.717) is 25.7 Å². The molecule has 0 saturated heterocycles. The van der Waals surface area contributed by atoms with Crippen molar-refractivity contribution in [2.75, 3.05) is 39.6 Å². The van der Waals surface area contributed by atoms with E-state index in [2.05, 4.69) is 76.3 Å². The zero-order valence-electron chi connectivity index (χ0n) is 59.9. The highest BCUT2D eigenvalue weighted by Crippen LogP contribution is 2.45. The molecule has 0 aliphatic heterocycles. The summed E-state index contributed by atoms with van der Waals surface area (Å²) < 4.78 is 68.4. The van der Waals surface area contributed by atoms with Crippen LogP contribution in [0.1, 0.15) is 349 Å². The lowest BCUT2D eigenvalue weighted by molar-refractivity contribution is -0.161. The number of hydrogen-bond donors (Lipinski definition) is 3.